The number of nitrogens with zero attached hydrogens (tertiary/aromatic N) is 2. The number of hydrogen-bond donors (Lipinski definition) is 0. The molecule has 2 heterocycles. The highest BCUT2D eigenvalue weighted by molar-refractivity contribution is 5.91. The van der Waals surface area contributed by atoms with E-state index >= 15 is 0 Å². The van der Waals surface area contributed by atoms with Gasteiger partial charge in [-0.15, -0.1) is 0 Å². The molecule has 0 N–H and O–H groups in total. The van der Waals surface area contributed by atoms with Gasteiger partial charge in [-0.05, 0) is 18.6 Å². The van der Waals surface area contributed by atoms with Crippen LogP contribution in [0, 0.1) is 6.08 Å². The predicted molar refractivity (Wildman–Crippen MR) is 40.6 cm³/mol. The van der Waals surface area contributed by atoms with E-state index in [9.17, 15) is 0 Å². The average molecular weight is 133 g/mol. The predicted octanol–water partition coefficient (Wildman–Crippen LogP) is 0.977. The molecule has 0 aromatic rings. The van der Waals surface area contributed by atoms with Crippen LogP contribution in [0.5, 0.6) is 0 Å². The van der Waals surface area contributed by atoms with E-state index < -0.39 is 0 Å². The Hall–Kier alpha value is -1.05. The first-order valence-corrected chi connectivity index (χ1v) is 3.54. The summed E-state index contributed by atoms with van der Waals surface area (Å²) in [6, 6.07) is 0. The molecule has 51 valence electrons. The monoisotopic (exact) mass is 133 g/mol. The molecule has 10 heavy (non-hydrogen) atoms. The zero-order valence-electron chi connectivity index (χ0n) is 5.75. The van der Waals surface area contributed by atoms with Crippen molar-refractivity contribution >= 4 is 5.84 Å². The van der Waals surface area contributed by atoms with Gasteiger partial charge in [0.15, 0.2) is 0 Å². The van der Waals surface area contributed by atoms with Crippen LogP contribution in [0.1, 0.15) is 6.42 Å². The van der Waals surface area contributed by atoms with E-state index in [4.69, 9.17) is 0 Å². The van der Waals surface area contributed by atoms with Crippen molar-refractivity contribution in [2.75, 3.05) is 13.1 Å². The summed E-state index contributed by atoms with van der Waals surface area (Å²) in [7, 11) is 0. The maximum Gasteiger partial charge on any atom is 0.135 e. The standard InChI is InChI=1S/C8H9N2/c1-2-6-10-7-3-5-9-8(10)4-1/h1-2,6H,3,5,7H2. The van der Waals surface area contributed by atoms with Crippen molar-refractivity contribution in [3.05, 3.63) is 24.4 Å². The van der Waals surface area contributed by atoms with Gasteiger partial charge in [-0.2, -0.15) is 0 Å². The van der Waals surface area contributed by atoms with Gasteiger partial charge in [0, 0.05) is 25.4 Å². The van der Waals surface area contributed by atoms with E-state index in [0.717, 1.165) is 25.3 Å². The zero-order valence-corrected chi connectivity index (χ0v) is 5.75. The summed E-state index contributed by atoms with van der Waals surface area (Å²) in [6.07, 6.45) is 10.2. The lowest BCUT2D eigenvalue weighted by Crippen LogP contribution is -2.31. The van der Waals surface area contributed by atoms with Gasteiger partial charge in [0.2, 0.25) is 0 Å². The molecule has 0 spiro atoms. The van der Waals surface area contributed by atoms with Crippen LogP contribution in [0.2, 0.25) is 0 Å². The normalized spacial score (nSPS) is 22.4. The van der Waals surface area contributed by atoms with Crippen molar-refractivity contribution in [3.8, 4) is 0 Å². The molecule has 2 heteroatoms. The Morgan fingerprint density at radius 2 is 2.60 bits per heavy atom. The smallest absolute Gasteiger partial charge is 0.135 e. The maximum atomic E-state index is 4.30. The molecule has 0 atom stereocenters. The molecule has 0 aromatic heterocycles. The highest BCUT2D eigenvalue weighted by atomic mass is 15.2. The first-order chi connectivity index (χ1) is 4.97. The summed E-state index contributed by atoms with van der Waals surface area (Å²) in [6.45, 7) is 2.05. The van der Waals surface area contributed by atoms with Crippen LogP contribution < -0.4 is 0 Å². The number of rotatable bonds is 0. The number of allylic oxidation sites excluding steroid dienone is 2. The molecule has 0 saturated heterocycles. The minimum Gasteiger partial charge on any atom is -0.333 e. The van der Waals surface area contributed by atoms with Crippen molar-refractivity contribution in [2.24, 2.45) is 4.99 Å². The van der Waals surface area contributed by atoms with E-state index in [1.165, 1.54) is 0 Å². The van der Waals surface area contributed by atoms with E-state index in [-0.39, 0.29) is 0 Å². The molecule has 0 unspecified atom stereocenters. The van der Waals surface area contributed by atoms with E-state index in [0.29, 0.717) is 0 Å². The summed E-state index contributed by atoms with van der Waals surface area (Å²) in [4.78, 5) is 6.43. The fourth-order valence-corrected chi connectivity index (χ4v) is 1.17. The third kappa shape index (κ3) is 0.856. The summed E-state index contributed by atoms with van der Waals surface area (Å²) in [5.74, 6) is 0.994. The van der Waals surface area contributed by atoms with Gasteiger partial charge in [-0.25, -0.2) is 0 Å². The SMILES string of the molecule is [C]1=CC=CN2CCCN=C12. The topological polar surface area (TPSA) is 15.6 Å². The van der Waals surface area contributed by atoms with Gasteiger partial charge in [0.25, 0.3) is 0 Å². The second-order valence-electron chi connectivity index (χ2n) is 2.40. The number of fused-ring (bicyclic) bond motifs is 1. The van der Waals surface area contributed by atoms with Crippen LogP contribution in [-0.4, -0.2) is 23.8 Å². The first kappa shape index (κ1) is 5.71. The Morgan fingerprint density at radius 1 is 1.60 bits per heavy atom. The highest BCUT2D eigenvalue weighted by Crippen LogP contribution is 2.07. The molecule has 2 nitrogen and oxygen atoms in total. The molecule has 0 amide bonds. The zero-order chi connectivity index (χ0) is 6.81. The molecular weight excluding hydrogens is 124 g/mol. The van der Waals surface area contributed by atoms with E-state index in [2.05, 4.69) is 22.2 Å². The van der Waals surface area contributed by atoms with Crippen molar-refractivity contribution in [2.45, 2.75) is 6.42 Å². The number of hydrogen-bond acceptors (Lipinski definition) is 2. The summed E-state index contributed by atoms with van der Waals surface area (Å²) in [5.41, 5.74) is 0. The highest BCUT2D eigenvalue weighted by Gasteiger charge is 2.11. The molecule has 0 aromatic carbocycles. The van der Waals surface area contributed by atoms with E-state index in [1.54, 1.807) is 0 Å². The summed E-state index contributed by atoms with van der Waals surface area (Å²) in [5, 5.41) is 0. The lowest BCUT2D eigenvalue weighted by molar-refractivity contribution is 0.507. The van der Waals surface area contributed by atoms with Gasteiger partial charge >= 0.3 is 0 Å². The van der Waals surface area contributed by atoms with Crippen LogP contribution in [0.3, 0.4) is 0 Å². The molecule has 1 radical (unpaired) electrons. The Labute approximate surface area is 60.6 Å². The largest absolute Gasteiger partial charge is 0.333 e. The second kappa shape index (κ2) is 2.29. The Bertz CT molecular complexity index is 213. The van der Waals surface area contributed by atoms with Gasteiger partial charge in [-0.3, -0.25) is 4.99 Å². The van der Waals surface area contributed by atoms with Crippen LogP contribution in [0.15, 0.2) is 23.3 Å². The van der Waals surface area contributed by atoms with Crippen molar-refractivity contribution < 1.29 is 0 Å². The Kier molecular flexibility index (Phi) is 1.31. The van der Waals surface area contributed by atoms with Gasteiger partial charge in [-0.1, -0.05) is 0 Å². The molecule has 0 bridgehead atoms. The molecule has 2 rings (SSSR count). The fourth-order valence-electron chi connectivity index (χ4n) is 1.17. The summed E-state index contributed by atoms with van der Waals surface area (Å²) < 4.78 is 0. The second-order valence-corrected chi connectivity index (χ2v) is 2.40. The maximum absolute atomic E-state index is 4.30. The Morgan fingerprint density at radius 3 is 3.50 bits per heavy atom. The molecule has 2 aliphatic heterocycles. The van der Waals surface area contributed by atoms with Gasteiger partial charge < -0.3 is 4.90 Å². The van der Waals surface area contributed by atoms with Crippen LogP contribution >= 0.6 is 0 Å². The summed E-state index contributed by atoms with van der Waals surface area (Å²) >= 11 is 0. The van der Waals surface area contributed by atoms with Crippen molar-refractivity contribution in [3.63, 3.8) is 0 Å². The van der Waals surface area contributed by atoms with Crippen LogP contribution in [0.25, 0.3) is 0 Å². The average Bonchev–Trinajstić information content (AvgIpc) is 2.05. The molecule has 0 fully saturated rings. The minimum absolute atomic E-state index is 0.959. The lowest BCUT2D eigenvalue weighted by atomic mass is 10.2. The fraction of sp³-hybridized carbons (Fsp3) is 0.375. The quantitative estimate of drug-likeness (QED) is 0.481. The van der Waals surface area contributed by atoms with Crippen molar-refractivity contribution in [1.29, 1.82) is 0 Å². The Balaban J connectivity index is 2.27. The first-order valence-electron chi connectivity index (χ1n) is 3.54. The van der Waals surface area contributed by atoms with Gasteiger partial charge in [0.1, 0.15) is 5.84 Å². The third-order valence-electron chi connectivity index (χ3n) is 1.67. The third-order valence-corrected chi connectivity index (χ3v) is 1.67. The molecule has 0 saturated carbocycles. The van der Waals surface area contributed by atoms with Crippen LogP contribution in [-0.2, 0) is 0 Å². The molecule has 0 aliphatic carbocycles. The van der Waals surface area contributed by atoms with Crippen LogP contribution in [0.4, 0.5) is 0 Å². The minimum atomic E-state index is 0.959. The number of aliphatic imine (C=N–C) groups is 1. The van der Waals surface area contributed by atoms with Gasteiger partial charge in [0.05, 0.1) is 0 Å². The molecule has 2 aliphatic rings. The lowest BCUT2D eigenvalue weighted by Gasteiger charge is -2.24. The van der Waals surface area contributed by atoms with E-state index in [1.807, 2.05) is 12.2 Å². The number of amidine groups is 1. The van der Waals surface area contributed by atoms with Crippen molar-refractivity contribution in [1.82, 2.24) is 4.90 Å². The molecular formula is C8H9N2.